The van der Waals surface area contributed by atoms with Crippen molar-refractivity contribution in [3.8, 4) is 0 Å². The molecule has 1 aromatic rings. The van der Waals surface area contributed by atoms with Gasteiger partial charge in [-0.15, -0.1) is 0 Å². The Morgan fingerprint density at radius 3 is 2.88 bits per heavy atom. The summed E-state index contributed by atoms with van der Waals surface area (Å²) in [6.45, 7) is 2.92. The first-order valence-corrected chi connectivity index (χ1v) is 6.33. The Labute approximate surface area is 111 Å². The van der Waals surface area contributed by atoms with E-state index in [-0.39, 0.29) is 6.04 Å². The Kier molecular flexibility index (Phi) is 4.28. The van der Waals surface area contributed by atoms with Gasteiger partial charge in [0.1, 0.15) is 0 Å². The number of nitrogens with zero attached hydrogens (tertiary/aromatic N) is 1. The Bertz CT molecular complexity index is 412. The molecule has 1 atom stereocenters. The summed E-state index contributed by atoms with van der Waals surface area (Å²) in [6.07, 6.45) is 0. The van der Waals surface area contributed by atoms with Crippen LogP contribution in [0.2, 0.25) is 10.0 Å². The van der Waals surface area contributed by atoms with Gasteiger partial charge in [-0.05, 0) is 23.3 Å². The SMILES string of the molecule is COCCN1Cc2c(Cl)cc(Cl)cc2C1CN. The molecule has 0 bridgehead atoms. The summed E-state index contributed by atoms with van der Waals surface area (Å²) in [5.74, 6) is 0. The van der Waals surface area contributed by atoms with E-state index in [9.17, 15) is 0 Å². The normalized spacial score (nSPS) is 19.6. The molecule has 0 spiro atoms. The van der Waals surface area contributed by atoms with Crippen LogP contribution in [-0.4, -0.2) is 31.7 Å². The predicted octanol–water partition coefficient (Wildman–Crippen LogP) is 2.46. The van der Waals surface area contributed by atoms with Crippen molar-refractivity contribution in [1.29, 1.82) is 0 Å². The molecule has 1 aromatic carbocycles. The fraction of sp³-hybridized carbons (Fsp3) is 0.500. The number of halogens is 2. The molecule has 0 fully saturated rings. The van der Waals surface area contributed by atoms with E-state index in [4.69, 9.17) is 33.7 Å². The second-order valence-electron chi connectivity index (χ2n) is 4.17. The summed E-state index contributed by atoms with van der Waals surface area (Å²) >= 11 is 12.2. The van der Waals surface area contributed by atoms with Gasteiger partial charge >= 0.3 is 0 Å². The van der Waals surface area contributed by atoms with Crippen LogP contribution in [-0.2, 0) is 11.3 Å². The second-order valence-corrected chi connectivity index (χ2v) is 5.01. The molecule has 5 heteroatoms. The number of hydrogen-bond donors (Lipinski definition) is 1. The maximum atomic E-state index is 6.21. The number of fused-ring (bicyclic) bond motifs is 1. The van der Waals surface area contributed by atoms with Gasteiger partial charge in [0.05, 0.1) is 6.61 Å². The minimum absolute atomic E-state index is 0.191. The lowest BCUT2D eigenvalue weighted by Gasteiger charge is -2.23. The highest BCUT2D eigenvalue weighted by atomic mass is 35.5. The van der Waals surface area contributed by atoms with Crippen molar-refractivity contribution in [2.24, 2.45) is 5.73 Å². The highest BCUT2D eigenvalue weighted by molar-refractivity contribution is 6.35. The van der Waals surface area contributed by atoms with E-state index in [1.54, 1.807) is 13.2 Å². The molecule has 1 heterocycles. The fourth-order valence-corrected chi connectivity index (χ4v) is 2.89. The Hall–Kier alpha value is -0.320. The van der Waals surface area contributed by atoms with Crippen molar-refractivity contribution in [1.82, 2.24) is 4.90 Å². The number of rotatable bonds is 4. The molecular formula is C12H16Cl2N2O. The van der Waals surface area contributed by atoms with Crippen molar-refractivity contribution in [2.75, 3.05) is 26.8 Å². The lowest BCUT2D eigenvalue weighted by molar-refractivity contribution is 0.128. The van der Waals surface area contributed by atoms with Crippen LogP contribution >= 0.6 is 23.2 Å². The van der Waals surface area contributed by atoms with Gasteiger partial charge < -0.3 is 10.5 Å². The zero-order valence-corrected chi connectivity index (χ0v) is 11.3. The molecule has 0 saturated heterocycles. The van der Waals surface area contributed by atoms with E-state index in [1.165, 1.54) is 0 Å². The first-order valence-electron chi connectivity index (χ1n) is 5.58. The van der Waals surface area contributed by atoms with Gasteiger partial charge in [0.15, 0.2) is 0 Å². The molecule has 0 radical (unpaired) electrons. The molecule has 1 unspecified atom stereocenters. The van der Waals surface area contributed by atoms with Gasteiger partial charge in [0, 0.05) is 42.8 Å². The van der Waals surface area contributed by atoms with Crippen molar-refractivity contribution in [3.63, 3.8) is 0 Å². The topological polar surface area (TPSA) is 38.5 Å². The molecule has 1 aliphatic heterocycles. The van der Waals surface area contributed by atoms with Crippen molar-refractivity contribution >= 4 is 23.2 Å². The fourth-order valence-electron chi connectivity index (χ4n) is 2.32. The number of ether oxygens (including phenoxy) is 1. The minimum Gasteiger partial charge on any atom is -0.383 e. The number of benzene rings is 1. The molecule has 0 aliphatic carbocycles. The molecule has 3 nitrogen and oxygen atoms in total. The van der Waals surface area contributed by atoms with Gasteiger partial charge in [-0.2, -0.15) is 0 Å². The number of nitrogens with two attached hydrogens (primary N) is 1. The van der Waals surface area contributed by atoms with Gasteiger partial charge in [-0.1, -0.05) is 23.2 Å². The van der Waals surface area contributed by atoms with Crippen molar-refractivity contribution < 1.29 is 4.74 Å². The molecule has 0 aromatic heterocycles. The Morgan fingerprint density at radius 1 is 1.47 bits per heavy atom. The third-order valence-corrected chi connectivity index (χ3v) is 3.72. The van der Waals surface area contributed by atoms with Gasteiger partial charge in [0.25, 0.3) is 0 Å². The van der Waals surface area contributed by atoms with Crippen LogP contribution in [0.4, 0.5) is 0 Å². The standard InChI is InChI=1S/C12H16Cl2N2O/c1-17-3-2-16-7-10-9(12(16)6-15)4-8(13)5-11(10)14/h4-5,12H,2-3,6-7,15H2,1H3. The van der Waals surface area contributed by atoms with Gasteiger partial charge in [0.2, 0.25) is 0 Å². The first kappa shape index (κ1) is 13.1. The second kappa shape index (κ2) is 5.55. The molecule has 94 valence electrons. The van der Waals surface area contributed by atoms with E-state index in [0.717, 1.165) is 29.2 Å². The van der Waals surface area contributed by atoms with Gasteiger partial charge in [-0.3, -0.25) is 4.90 Å². The average molecular weight is 275 g/mol. The third-order valence-electron chi connectivity index (χ3n) is 3.16. The molecule has 0 saturated carbocycles. The summed E-state index contributed by atoms with van der Waals surface area (Å²) < 4.78 is 5.11. The van der Waals surface area contributed by atoms with Crippen LogP contribution in [0, 0.1) is 0 Å². The van der Waals surface area contributed by atoms with Crippen LogP contribution in [0.25, 0.3) is 0 Å². The summed E-state index contributed by atoms with van der Waals surface area (Å²) in [4.78, 5) is 2.27. The van der Waals surface area contributed by atoms with E-state index >= 15 is 0 Å². The predicted molar refractivity (Wildman–Crippen MR) is 70.5 cm³/mol. The Balaban J connectivity index is 2.28. The minimum atomic E-state index is 0.191. The quantitative estimate of drug-likeness (QED) is 0.917. The number of methoxy groups -OCH3 is 1. The lowest BCUT2D eigenvalue weighted by Crippen LogP contribution is -2.30. The molecule has 2 rings (SSSR count). The zero-order valence-electron chi connectivity index (χ0n) is 9.75. The maximum absolute atomic E-state index is 6.21. The summed E-state index contributed by atoms with van der Waals surface area (Å²) in [7, 11) is 1.70. The average Bonchev–Trinajstić information content (AvgIpc) is 2.64. The lowest BCUT2D eigenvalue weighted by atomic mass is 10.1. The monoisotopic (exact) mass is 274 g/mol. The third kappa shape index (κ3) is 2.59. The zero-order chi connectivity index (χ0) is 12.4. The number of hydrogen-bond acceptors (Lipinski definition) is 3. The summed E-state index contributed by atoms with van der Waals surface area (Å²) in [5.41, 5.74) is 8.14. The Morgan fingerprint density at radius 2 is 2.24 bits per heavy atom. The molecule has 17 heavy (non-hydrogen) atoms. The van der Waals surface area contributed by atoms with E-state index in [0.29, 0.717) is 18.2 Å². The molecular weight excluding hydrogens is 259 g/mol. The highest BCUT2D eigenvalue weighted by Gasteiger charge is 2.30. The van der Waals surface area contributed by atoms with E-state index in [1.807, 2.05) is 6.07 Å². The van der Waals surface area contributed by atoms with Crippen molar-refractivity contribution in [3.05, 3.63) is 33.3 Å². The van der Waals surface area contributed by atoms with Crippen LogP contribution < -0.4 is 5.73 Å². The molecule has 2 N–H and O–H groups in total. The first-order chi connectivity index (χ1) is 8.17. The van der Waals surface area contributed by atoms with Crippen LogP contribution in [0.3, 0.4) is 0 Å². The van der Waals surface area contributed by atoms with Crippen molar-refractivity contribution in [2.45, 2.75) is 12.6 Å². The smallest absolute Gasteiger partial charge is 0.0590 e. The molecule has 1 aliphatic rings. The summed E-state index contributed by atoms with van der Waals surface area (Å²) in [6, 6.07) is 3.94. The van der Waals surface area contributed by atoms with Crippen LogP contribution in [0.5, 0.6) is 0 Å². The summed E-state index contributed by atoms with van der Waals surface area (Å²) in [5, 5.41) is 1.40. The van der Waals surface area contributed by atoms with E-state index in [2.05, 4.69) is 4.90 Å². The van der Waals surface area contributed by atoms with E-state index < -0.39 is 0 Å². The highest BCUT2D eigenvalue weighted by Crippen LogP contribution is 2.38. The largest absolute Gasteiger partial charge is 0.383 e. The van der Waals surface area contributed by atoms with Gasteiger partial charge in [-0.25, -0.2) is 0 Å². The maximum Gasteiger partial charge on any atom is 0.0590 e. The van der Waals surface area contributed by atoms with Crippen LogP contribution in [0.15, 0.2) is 12.1 Å². The molecule has 0 amide bonds. The van der Waals surface area contributed by atoms with Crippen LogP contribution in [0.1, 0.15) is 17.2 Å².